The minimum Gasteiger partial charge on any atom is -0.415 e. The van der Waals surface area contributed by atoms with Crippen molar-refractivity contribution in [3.05, 3.63) is 71.2 Å². The Morgan fingerprint density at radius 1 is 0.968 bits per heavy atom. The summed E-state index contributed by atoms with van der Waals surface area (Å²) in [4.78, 5) is 25.7. The minimum absolute atomic E-state index is 0.0977. The lowest BCUT2D eigenvalue weighted by Crippen LogP contribution is -1.99. The number of fused-ring (bicyclic) bond motifs is 1. The van der Waals surface area contributed by atoms with Crippen LogP contribution in [0.2, 0.25) is 0 Å². The summed E-state index contributed by atoms with van der Waals surface area (Å²) in [6, 6.07) is 13.2. The Bertz CT molecular complexity index is 1410. The van der Waals surface area contributed by atoms with Crippen LogP contribution in [0.1, 0.15) is 12.3 Å². The number of H-pyrrole nitrogens is 2. The van der Waals surface area contributed by atoms with E-state index in [1.165, 1.54) is 12.4 Å². The van der Waals surface area contributed by atoms with Gasteiger partial charge in [-0.1, -0.05) is 30.3 Å². The van der Waals surface area contributed by atoms with Gasteiger partial charge in [0, 0.05) is 23.6 Å². The standard InChI is InChI=1S/C20H13F2N7O2/c21-16(22)18-29-28-17(31-18)11-8-23-19(24-9-11)25-12-6-13(10-4-2-1-3-5-10)15-14(7-12)26-20(30)27-15/h1-9,16H,(H,23,24,25)(H2,26,27,30). The normalized spacial score (nSPS) is 11.3. The number of nitrogens with zero attached hydrogens (tertiary/aromatic N) is 4. The second kappa shape index (κ2) is 7.44. The number of benzene rings is 2. The van der Waals surface area contributed by atoms with Crippen molar-refractivity contribution in [2.45, 2.75) is 6.43 Å². The van der Waals surface area contributed by atoms with E-state index in [1.807, 2.05) is 36.4 Å². The summed E-state index contributed by atoms with van der Waals surface area (Å²) < 4.78 is 30.1. The van der Waals surface area contributed by atoms with Crippen LogP contribution in [-0.2, 0) is 0 Å². The van der Waals surface area contributed by atoms with Crippen molar-refractivity contribution in [3.63, 3.8) is 0 Å². The highest BCUT2D eigenvalue weighted by Gasteiger charge is 2.17. The number of halogens is 2. The maximum absolute atomic E-state index is 12.6. The van der Waals surface area contributed by atoms with Crippen LogP contribution >= 0.6 is 0 Å². The average molecular weight is 421 g/mol. The Morgan fingerprint density at radius 3 is 2.45 bits per heavy atom. The molecule has 0 amide bonds. The van der Waals surface area contributed by atoms with Crippen molar-refractivity contribution in [2.24, 2.45) is 0 Å². The van der Waals surface area contributed by atoms with Crippen LogP contribution in [-0.4, -0.2) is 30.1 Å². The lowest BCUT2D eigenvalue weighted by molar-refractivity contribution is 0.116. The van der Waals surface area contributed by atoms with Gasteiger partial charge in [0.15, 0.2) is 0 Å². The molecule has 0 unspecified atom stereocenters. The molecule has 0 aliphatic heterocycles. The van der Waals surface area contributed by atoms with Gasteiger partial charge in [-0.2, -0.15) is 8.78 Å². The van der Waals surface area contributed by atoms with Crippen LogP contribution < -0.4 is 11.0 Å². The van der Waals surface area contributed by atoms with Crippen molar-refractivity contribution in [1.82, 2.24) is 30.1 Å². The van der Waals surface area contributed by atoms with Gasteiger partial charge < -0.3 is 19.7 Å². The highest BCUT2D eigenvalue weighted by Crippen LogP contribution is 2.30. The molecule has 0 radical (unpaired) electrons. The molecule has 2 aromatic carbocycles. The predicted molar refractivity (Wildman–Crippen MR) is 108 cm³/mol. The molecule has 0 saturated carbocycles. The fourth-order valence-electron chi connectivity index (χ4n) is 3.13. The van der Waals surface area contributed by atoms with E-state index < -0.39 is 12.3 Å². The monoisotopic (exact) mass is 421 g/mol. The summed E-state index contributed by atoms with van der Waals surface area (Å²) in [6.07, 6.45) is -0.0866. The van der Waals surface area contributed by atoms with E-state index in [0.29, 0.717) is 22.3 Å². The van der Waals surface area contributed by atoms with Gasteiger partial charge in [-0.15, -0.1) is 10.2 Å². The van der Waals surface area contributed by atoms with E-state index in [2.05, 4.69) is 35.5 Å². The molecule has 3 aromatic heterocycles. The first-order valence-corrected chi connectivity index (χ1v) is 9.09. The third kappa shape index (κ3) is 3.64. The zero-order chi connectivity index (χ0) is 21.4. The smallest absolute Gasteiger partial charge is 0.323 e. The summed E-state index contributed by atoms with van der Waals surface area (Å²) in [7, 11) is 0. The predicted octanol–water partition coefficient (Wildman–Crippen LogP) is 4.04. The topological polar surface area (TPSA) is 125 Å². The molecule has 31 heavy (non-hydrogen) atoms. The molecular formula is C20H13F2N7O2. The van der Waals surface area contributed by atoms with Gasteiger partial charge in [-0.25, -0.2) is 14.8 Å². The lowest BCUT2D eigenvalue weighted by atomic mass is 10.0. The van der Waals surface area contributed by atoms with E-state index in [0.717, 1.165) is 11.1 Å². The van der Waals surface area contributed by atoms with Gasteiger partial charge in [0.05, 0.1) is 16.6 Å². The first-order chi connectivity index (χ1) is 15.1. The summed E-state index contributed by atoms with van der Waals surface area (Å²) in [5.74, 6) is -0.604. The lowest BCUT2D eigenvalue weighted by Gasteiger charge is -2.09. The minimum atomic E-state index is -2.85. The van der Waals surface area contributed by atoms with Crippen LogP contribution in [0.25, 0.3) is 33.6 Å². The van der Waals surface area contributed by atoms with Crippen LogP contribution in [0.5, 0.6) is 0 Å². The maximum atomic E-state index is 12.6. The SMILES string of the molecule is O=c1[nH]c2cc(Nc3ncc(-c4nnc(C(F)F)o4)cn3)cc(-c3ccccc3)c2[nH]1. The molecule has 9 nitrogen and oxygen atoms in total. The summed E-state index contributed by atoms with van der Waals surface area (Å²) in [5.41, 5.74) is 3.69. The fourth-order valence-corrected chi connectivity index (χ4v) is 3.13. The number of imidazole rings is 1. The third-order valence-corrected chi connectivity index (χ3v) is 4.49. The molecule has 0 fully saturated rings. The zero-order valence-corrected chi connectivity index (χ0v) is 15.6. The quantitative estimate of drug-likeness (QED) is 0.391. The Kier molecular flexibility index (Phi) is 4.47. The molecule has 3 heterocycles. The Hall–Kier alpha value is -4.41. The van der Waals surface area contributed by atoms with E-state index in [-0.39, 0.29) is 17.5 Å². The first kappa shape index (κ1) is 18.6. The number of hydrogen-bond acceptors (Lipinski definition) is 7. The second-order valence-electron chi connectivity index (χ2n) is 6.56. The van der Waals surface area contributed by atoms with Crippen LogP contribution in [0.3, 0.4) is 0 Å². The number of anilines is 2. The first-order valence-electron chi connectivity index (χ1n) is 9.09. The highest BCUT2D eigenvalue weighted by atomic mass is 19.3. The summed E-state index contributed by atoms with van der Waals surface area (Å²) in [5, 5.41) is 9.92. The van der Waals surface area contributed by atoms with Gasteiger partial charge in [0.1, 0.15) is 0 Å². The van der Waals surface area contributed by atoms with Crippen LogP contribution in [0.4, 0.5) is 20.4 Å². The maximum Gasteiger partial charge on any atom is 0.323 e. The van der Waals surface area contributed by atoms with Crippen molar-refractivity contribution in [3.8, 4) is 22.6 Å². The summed E-state index contributed by atoms with van der Waals surface area (Å²) >= 11 is 0. The van der Waals surface area contributed by atoms with Crippen LogP contribution in [0, 0.1) is 0 Å². The molecular weight excluding hydrogens is 408 g/mol. The largest absolute Gasteiger partial charge is 0.415 e. The molecule has 0 spiro atoms. The Balaban J connectivity index is 1.47. The van der Waals surface area contributed by atoms with Gasteiger partial charge in [0.2, 0.25) is 5.95 Å². The van der Waals surface area contributed by atoms with Crippen molar-refractivity contribution in [1.29, 1.82) is 0 Å². The number of nitrogens with one attached hydrogen (secondary N) is 3. The van der Waals surface area contributed by atoms with Crippen molar-refractivity contribution >= 4 is 22.7 Å². The highest BCUT2D eigenvalue weighted by molar-refractivity contribution is 5.95. The molecule has 0 atom stereocenters. The van der Waals surface area contributed by atoms with Crippen LogP contribution in [0.15, 0.2) is 64.1 Å². The Morgan fingerprint density at radius 2 is 1.74 bits per heavy atom. The van der Waals surface area contributed by atoms with Gasteiger partial charge in [-0.3, -0.25) is 0 Å². The molecule has 0 aliphatic rings. The van der Waals surface area contributed by atoms with Gasteiger partial charge in [-0.05, 0) is 17.7 Å². The molecule has 11 heteroatoms. The molecule has 3 N–H and O–H groups in total. The summed E-state index contributed by atoms with van der Waals surface area (Å²) in [6.45, 7) is 0. The average Bonchev–Trinajstić information content (AvgIpc) is 3.41. The zero-order valence-electron chi connectivity index (χ0n) is 15.6. The van der Waals surface area contributed by atoms with Crippen molar-refractivity contribution < 1.29 is 13.2 Å². The molecule has 0 saturated heterocycles. The number of aromatic amines is 2. The molecule has 5 aromatic rings. The fraction of sp³-hybridized carbons (Fsp3) is 0.0500. The van der Waals surface area contributed by atoms with E-state index in [1.54, 1.807) is 6.07 Å². The van der Waals surface area contributed by atoms with Gasteiger partial charge in [0.25, 0.3) is 11.8 Å². The number of hydrogen-bond donors (Lipinski definition) is 3. The van der Waals surface area contributed by atoms with Crippen molar-refractivity contribution in [2.75, 3.05) is 5.32 Å². The van der Waals surface area contributed by atoms with E-state index >= 15 is 0 Å². The third-order valence-electron chi connectivity index (χ3n) is 4.49. The van der Waals surface area contributed by atoms with Gasteiger partial charge >= 0.3 is 12.1 Å². The molecule has 154 valence electrons. The number of aromatic nitrogens is 6. The number of rotatable bonds is 5. The molecule has 5 rings (SSSR count). The molecule has 0 bridgehead atoms. The number of alkyl halides is 2. The van der Waals surface area contributed by atoms with E-state index in [9.17, 15) is 13.6 Å². The Labute approximate surface area is 172 Å². The second-order valence-corrected chi connectivity index (χ2v) is 6.56. The molecule has 0 aliphatic carbocycles. The van der Waals surface area contributed by atoms with E-state index in [4.69, 9.17) is 4.42 Å².